The highest BCUT2D eigenvalue weighted by Gasteiger charge is 2.24. The Labute approximate surface area is 164 Å². The summed E-state index contributed by atoms with van der Waals surface area (Å²) >= 11 is 0. The summed E-state index contributed by atoms with van der Waals surface area (Å²) in [6.07, 6.45) is 0.780. The molecule has 0 spiro atoms. The van der Waals surface area contributed by atoms with Crippen LogP contribution in [-0.2, 0) is 20.9 Å². The monoisotopic (exact) mass is 387 g/mol. The van der Waals surface area contributed by atoms with Gasteiger partial charge in [-0.05, 0) is 12.5 Å². The van der Waals surface area contributed by atoms with E-state index in [1.54, 1.807) is 13.8 Å². The Morgan fingerprint density at radius 3 is 2.54 bits per heavy atom. The van der Waals surface area contributed by atoms with E-state index in [1.807, 2.05) is 30.3 Å². The minimum atomic E-state index is -0.684. The molecule has 0 aliphatic carbocycles. The van der Waals surface area contributed by atoms with Crippen LogP contribution in [0.25, 0.3) is 0 Å². The zero-order valence-corrected chi connectivity index (χ0v) is 16.3. The van der Waals surface area contributed by atoms with Crippen LogP contribution in [0.15, 0.2) is 42.6 Å². The molecule has 0 saturated heterocycles. The van der Waals surface area contributed by atoms with Crippen molar-refractivity contribution < 1.29 is 28.9 Å². The summed E-state index contributed by atoms with van der Waals surface area (Å²) in [7, 11) is 1.38. The lowest BCUT2D eigenvalue weighted by atomic mass is 10.0. The second-order valence-electron chi connectivity index (χ2n) is 6.49. The third-order valence-corrected chi connectivity index (χ3v) is 4.05. The number of esters is 1. The number of benzene rings is 1. The third kappa shape index (κ3) is 6.06. The number of hydrogen-bond donors (Lipinski definition) is 1. The summed E-state index contributed by atoms with van der Waals surface area (Å²) < 4.78 is 15.9. The van der Waals surface area contributed by atoms with Gasteiger partial charge in [0.05, 0.1) is 26.2 Å². The normalized spacial score (nSPS) is 12.8. The largest absolute Gasteiger partial charge is 0.503 e. The molecule has 7 nitrogen and oxygen atoms in total. The number of aromatic hydroxyl groups is 1. The van der Waals surface area contributed by atoms with E-state index in [-0.39, 0.29) is 30.2 Å². The average Bonchev–Trinajstić information content (AvgIpc) is 2.68. The fourth-order valence-corrected chi connectivity index (χ4v) is 2.53. The summed E-state index contributed by atoms with van der Waals surface area (Å²) in [6.45, 7) is 4.00. The Balaban J connectivity index is 1.81. The number of hydrogen-bond acceptors (Lipinski definition) is 7. The molecule has 2 atom stereocenters. The lowest BCUT2D eigenvalue weighted by Gasteiger charge is -2.17. The Morgan fingerprint density at radius 2 is 1.86 bits per heavy atom. The summed E-state index contributed by atoms with van der Waals surface area (Å²) in [4.78, 5) is 28.5. The third-order valence-electron chi connectivity index (χ3n) is 4.05. The molecular weight excluding hydrogens is 362 g/mol. The number of pyridine rings is 1. The predicted octanol–water partition coefficient (Wildman–Crippen LogP) is 3.15. The minimum Gasteiger partial charge on any atom is -0.503 e. The van der Waals surface area contributed by atoms with Gasteiger partial charge in [-0.3, -0.25) is 9.59 Å². The quantitative estimate of drug-likeness (QED) is 0.494. The lowest BCUT2D eigenvalue weighted by Crippen LogP contribution is -2.26. The first kappa shape index (κ1) is 21.4. The van der Waals surface area contributed by atoms with Crippen LogP contribution in [0.3, 0.4) is 0 Å². The van der Waals surface area contributed by atoms with E-state index in [2.05, 4.69) is 4.98 Å². The van der Waals surface area contributed by atoms with Crippen molar-refractivity contribution in [2.45, 2.75) is 33.0 Å². The number of rotatable bonds is 10. The SMILES string of the molecule is COc1ccnc(C(=O)C[C@@H](C)C(=O)O[C@@H](C)COCc2ccccc2)c1O. The molecule has 0 aliphatic heterocycles. The number of nitrogens with zero attached hydrogens (tertiary/aromatic N) is 1. The van der Waals surface area contributed by atoms with Crippen molar-refractivity contribution >= 4 is 11.8 Å². The van der Waals surface area contributed by atoms with E-state index in [4.69, 9.17) is 14.2 Å². The van der Waals surface area contributed by atoms with Gasteiger partial charge in [-0.15, -0.1) is 0 Å². The maximum atomic E-state index is 12.4. The molecule has 0 aliphatic rings. The van der Waals surface area contributed by atoms with E-state index in [0.717, 1.165) is 5.56 Å². The molecule has 0 fully saturated rings. The number of carbonyl (C=O) groups is 2. The van der Waals surface area contributed by atoms with Crippen molar-refractivity contribution in [3.05, 3.63) is 53.9 Å². The van der Waals surface area contributed by atoms with Gasteiger partial charge in [0, 0.05) is 18.7 Å². The predicted molar refractivity (Wildman–Crippen MR) is 102 cm³/mol. The van der Waals surface area contributed by atoms with Crippen LogP contribution in [0.1, 0.15) is 36.3 Å². The van der Waals surface area contributed by atoms with E-state index < -0.39 is 23.8 Å². The summed E-state index contributed by atoms with van der Waals surface area (Å²) in [5.74, 6) is -1.84. The van der Waals surface area contributed by atoms with E-state index in [1.165, 1.54) is 19.4 Å². The second kappa shape index (κ2) is 10.4. The van der Waals surface area contributed by atoms with Crippen LogP contribution in [0.4, 0.5) is 0 Å². The molecule has 0 saturated carbocycles. The van der Waals surface area contributed by atoms with Crippen LogP contribution in [0.2, 0.25) is 0 Å². The number of methoxy groups -OCH3 is 1. The topological polar surface area (TPSA) is 95.0 Å². The fraction of sp³-hybridized carbons (Fsp3) is 0.381. The molecule has 0 unspecified atom stereocenters. The second-order valence-corrected chi connectivity index (χ2v) is 6.49. The molecule has 28 heavy (non-hydrogen) atoms. The van der Waals surface area contributed by atoms with E-state index >= 15 is 0 Å². The maximum absolute atomic E-state index is 12.4. The molecule has 0 bridgehead atoms. The van der Waals surface area contributed by atoms with Crippen LogP contribution >= 0.6 is 0 Å². The number of ketones is 1. The van der Waals surface area contributed by atoms with Crippen LogP contribution in [0.5, 0.6) is 11.5 Å². The fourth-order valence-electron chi connectivity index (χ4n) is 2.53. The first-order valence-electron chi connectivity index (χ1n) is 8.99. The standard InChI is InChI=1S/C21H25NO6/c1-14(11-17(23)19-20(24)18(26-3)9-10-22-19)21(25)28-15(2)12-27-13-16-7-5-4-6-8-16/h4-10,14-15,24H,11-13H2,1-3H3/t14-,15+/m1/s1. The highest BCUT2D eigenvalue weighted by Crippen LogP contribution is 2.29. The highest BCUT2D eigenvalue weighted by atomic mass is 16.6. The first-order valence-corrected chi connectivity index (χ1v) is 8.99. The van der Waals surface area contributed by atoms with Crippen molar-refractivity contribution in [3.8, 4) is 11.5 Å². The van der Waals surface area contributed by atoms with Gasteiger partial charge in [0.15, 0.2) is 23.0 Å². The molecule has 1 aromatic carbocycles. The van der Waals surface area contributed by atoms with E-state index in [9.17, 15) is 14.7 Å². The molecule has 150 valence electrons. The van der Waals surface area contributed by atoms with Gasteiger partial charge in [0.1, 0.15) is 6.10 Å². The first-order chi connectivity index (χ1) is 13.4. The van der Waals surface area contributed by atoms with Gasteiger partial charge in [0.25, 0.3) is 0 Å². The average molecular weight is 387 g/mol. The van der Waals surface area contributed by atoms with Crippen LogP contribution in [-0.4, -0.2) is 41.7 Å². The van der Waals surface area contributed by atoms with E-state index in [0.29, 0.717) is 6.61 Å². The molecule has 0 amide bonds. The van der Waals surface area contributed by atoms with Gasteiger partial charge in [-0.1, -0.05) is 37.3 Å². The summed E-state index contributed by atoms with van der Waals surface area (Å²) in [5, 5.41) is 10.0. The summed E-state index contributed by atoms with van der Waals surface area (Å²) in [5.41, 5.74) is 0.906. The Bertz CT molecular complexity index is 793. The number of Topliss-reactive ketones (excluding diaryl/α,β-unsaturated/α-hetero) is 1. The highest BCUT2D eigenvalue weighted by molar-refractivity contribution is 5.99. The van der Waals surface area contributed by atoms with Crippen molar-refractivity contribution in [2.75, 3.05) is 13.7 Å². The van der Waals surface area contributed by atoms with Crippen LogP contribution in [0, 0.1) is 5.92 Å². The molecular formula is C21H25NO6. The van der Waals surface area contributed by atoms with Crippen LogP contribution < -0.4 is 4.74 Å². The molecule has 7 heteroatoms. The molecule has 1 heterocycles. The smallest absolute Gasteiger partial charge is 0.309 e. The minimum absolute atomic E-state index is 0.127. The van der Waals surface area contributed by atoms with Crippen molar-refractivity contribution in [1.82, 2.24) is 4.98 Å². The Kier molecular flexibility index (Phi) is 7.95. The molecule has 2 rings (SSSR count). The van der Waals surface area contributed by atoms with Gasteiger partial charge in [-0.2, -0.15) is 0 Å². The van der Waals surface area contributed by atoms with Gasteiger partial charge >= 0.3 is 5.97 Å². The number of aromatic nitrogens is 1. The molecule has 1 aromatic heterocycles. The molecule has 1 N–H and O–H groups in total. The summed E-state index contributed by atoms with van der Waals surface area (Å²) in [6, 6.07) is 11.1. The van der Waals surface area contributed by atoms with Crippen molar-refractivity contribution in [2.24, 2.45) is 5.92 Å². The van der Waals surface area contributed by atoms with Gasteiger partial charge in [0.2, 0.25) is 0 Å². The van der Waals surface area contributed by atoms with Gasteiger partial charge in [-0.25, -0.2) is 4.98 Å². The molecule has 0 radical (unpaired) electrons. The maximum Gasteiger partial charge on any atom is 0.309 e. The zero-order chi connectivity index (χ0) is 20.5. The zero-order valence-electron chi connectivity index (χ0n) is 16.3. The van der Waals surface area contributed by atoms with Crippen molar-refractivity contribution in [3.63, 3.8) is 0 Å². The number of carbonyl (C=O) groups excluding carboxylic acids is 2. The van der Waals surface area contributed by atoms with Crippen molar-refractivity contribution in [1.29, 1.82) is 0 Å². The Morgan fingerprint density at radius 1 is 1.14 bits per heavy atom. The molecule has 2 aromatic rings. The van der Waals surface area contributed by atoms with Gasteiger partial charge < -0.3 is 19.3 Å². The Hall–Kier alpha value is -2.93. The number of ether oxygens (including phenoxy) is 3. The lowest BCUT2D eigenvalue weighted by molar-refractivity contribution is -0.155.